The van der Waals surface area contributed by atoms with Crippen LogP contribution in [0.2, 0.25) is 0 Å². The first-order valence-corrected chi connectivity index (χ1v) is 10.2. The van der Waals surface area contributed by atoms with Crippen molar-refractivity contribution in [3.8, 4) is 0 Å². The summed E-state index contributed by atoms with van der Waals surface area (Å²) in [4.78, 5) is 16.0. The molecule has 0 saturated carbocycles. The quantitative estimate of drug-likeness (QED) is 0.410. The maximum atomic E-state index is 11.7. The minimum Gasteiger partial charge on any atom is -0.481 e. The van der Waals surface area contributed by atoms with Crippen LogP contribution >= 0.6 is 0 Å². The number of sulfonamides is 1. The summed E-state index contributed by atoms with van der Waals surface area (Å²) >= 11 is 0. The smallest absolute Gasteiger partial charge is 0.307 e. The van der Waals surface area contributed by atoms with E-state index >= 15 is 0 Å². The summed E-state index contributed by atoms with van der Waals surface area (Å²) in [5.41, 5.74) is 1.32. The molecule has 0 amide bonds. The first kappa shape index (κ1) is 20.7. The van der Waals surface area contributed by atoms with E-state index in [9.17, 15) is 18.3 Å². The van der Waals surface area contributed by atoms with Gasteiger partial charge in [-0.3, -0.25) is 9.78 Å². The monoisotopic (exact) mass is 397 g/mol. The molecule has 12 heteroatoms. The van der Waals surface area contributed by atoms with E-state index in [0.29, 0.717) is 30.0 Å². The number of primary sulfonamides is 1. The van der Waals surface area contributed by atoms with E-state index in [1.165, 1.54) is 0 Å². The molecule has 2 rings (SSSR count). The van der Waals surface area contributed by atoms with Crippen molar-refractivity contribution in [1.82, 2.24) is 25.6 Å². The van der Waals surface area contributed by atoms with E-state index < -0.39 is 27.8 Å². The van der Waals surface area contributed by atoms with Gasteiger partial charge in [0.05, 0.1) is 23.6 Å². The van der Waals surface area contributed by atoms with Gasteiger partial charge >= 0.3 is 5.97 Å². The highest BCUT2D eigenvalue weighted by atomic mass is 32.2. The molecule has 0 aliphatic heterocycles. The van der Waals surface area contributed by atoms with Crippen molar-refractivity contribution >= 4 is 21.7 Å². The number of nitrogens with zero attached hydrogens (tertiary/aromatic N) is 4. The minimum absolute atomic E-state index is 0.170. The van der Waals surface area contributed by atoms with Crippen LogP contribution in [0.5, 0.6) is 0 Å². The van der Waals surface area contributed by atoms with E-state index in [-0.39, 0.29) is 12.3 Å². The average Bonchev–Trinajstić information content (AvgIpc) is 3.12. The second kappa shape index (κ2) is 9.37. The van der Waals surface area contributed by atoms with Crippen molar-refractivity contribution in [3.05, 3.63) is 29.8 Å². The number of aliphatic carboxylic acids is 1. The van der Waals surface area contributed by atoms with Crippen LogP contribution < -0.4 is 10.5 Å². The van der Waals surface area contributed by atoms with Crippen LogP contribution in [0.15, 0.2) is 18.3 Å². The normalized spacial score (nSPS) is 13.9. The van der Waals surface area contributed by atoms with Crippen molar-refractivity contribution in [1.29, 1.82) is 0 Å². The summed E-state index contributed by atoms with van der Waals surface area (Å²) in [5.74, 6) is -1.76. The van der Waals surface area contributed by atoms with Gasteiger partial charge < -0.3 is 10.4 Å². The Kier molecular flexibility index (Phi) is 7.19. The fourth-order valence-electron chi connectivity index (χ4n) is 2.77. The number of tetrazole rings is 1. The van der Waals surface area contributed by atoms with Crippen LogP contribution in [-0.4, -0.2) is 57.4 Å². The Morgan fingerprint density at radius 2 is 2.19 bits per heavy atom. The highest BCUT2D eigenvalue weighted by Gasteiger charge is 2.31. The van der Waals surface area contributed by atoms with Crippen LogP contribution in [0.1, 0.15) is 37.2 Å². The van der Waals surface area contributed by atoms with Gasteiger partial charge in [-0.15, -0.1) is 5.10 Å². The summed E-state index contributed by atoms with van der Waals surface area (Å²) in [5, 5.41) is 31.1. The first-order chi connectivity index (χ1) is 12.8. The lowest BCUT2D eigenvalue weighted by Gasteiger charge is -2.21. The highest BCUT2D eigenvalue weighted by molar-refractivity contribution is 7.89. The maximum Gasteiger partial charge on any atom is 0.307 e. The molecule has 5 N–H and O–H groups in total. The van der Waals surface area contributed by atoms with Gasteiger partial charge in [-0.2, -0.15) is 0 Å². The molecule has 2 atom stereocenters. The van der Waals surface area contributed by atoms with E-state index in [1.807, 2.05) is 6.92 Å². The van der Waals surface area contributed by atoms with Gasteiger partial charge in [-0.05, 0) is 29.0 Å². The molecule has 0 aliphatic rings. The number of rotatable bonds is 11. The van der Waals surface area contributed by atoms with Crippen LogP contribution in [0.3, 0.4) is 0 Å². The fraction of sp³-hybridized carbons (Fsp3) is 0.533. The molecule has 0 aliphatic carbocycles. The maximum absolute atomic E-state index is 11.7. The minimum atomic E-state index is -3.53. The predicted molar refractivity (Wildman–Crippen MR) is 97.4 cm³/mol. The second-order valence-electron chi connectivity index (χ2n) is 6.16. The van der Waals surface area contributed by atoms with Crippen LogP contribution in [-0.2, 0) is 21.2 Å². The van der Waals surface area contributed by atoms with Gasteiger partial charge in [0.2, 0.25) is 10.0 Å². The lowest BCUT2D eigenvalue weighted by molar-refractivity contribution is -0.143. The van der Waals surface area contributed by atoms with Gasteiger partial charge in [0.15, 0.2) is 5.82 Å². The number of hydrogen-bond acceptors (Lipinski definition) is 8. The zero-order valence-corrected chi connectivity index (χ0v) is 15.7. The van der Waals surface area contributed by atoms with Crippen molar-refractivity contribution in [2.45, 2.75) is 32.1 Å². The van der Waals surface area contributed by atoms with Crippen molar-refractivity contribution in [2.75, 3.05) is 17.6 Å². The Labute approximate surface area is 156 Å². The molecule has 2 heterocycles. The summed E-state index contributed by atoms with van der Waals surface area (Å²) in [7, 11) is -3.53. The molecule has 0 bridgehead atoms. The van der Waals surface area contributed by atoms with Crippen molar-refractivity contribution in [3.63, 3.8) is 0 Å². The average molecular weight is 397 g/mol. The lowest BCUT2D eigenvalue weighted by atomic mass is 9.84. The zero-order chi connectivity index (χ0) is 19.9. The van der Waals surface area contributed by atoms with Crippen LogP contribution in [0.4, 0.5) is 5.69 Å². The molecule has 0 aromatic carbocycles. The van der Waals surface area contributed by atoms with E-state index in [2.05, 4.69) is 30.9 Å². The summed E-state index contributed by atoms with van der Waals surface area (Å²) in [6.07, 6.45) is 3.12. The molecule has 0 spiro atoms. The molecule has 148 valence electrons. The zero-order valence-electron chi connectivity index (χ0n) is 14.9. The van der Waals surface area contributed by atoms with Crippen molar-refractivity contribution in [2.24, 2.45) is 11.1 Å². The van der Waals surface area contributed by atoms with Gasteiger partial charge in [0.1, 0.15) is 0 Å². The number of aromatic nitrogens is 5. The Hall–Kier alpha value is -2.60. The number of nitrogens with two attached hydrogens (primary N) is 1. The Balaban J connectivity index is 2.09. The Morgan fingerprint density at radius 3 is 2.70 bits per heavy atom. The third-order valence-electron chi connectivity index (χ3n) is 4.09. The second-order valence-corrected chi connectivity index (χ2v) is 7.90. The molecule has 0 fully saturated rings. The SMILES string of the molecule is CCC[C@H](C(=O)O)[C@H](Cc1ccc(NCCS(N)(=O)=O)cn1)c1nnn[nH]1. The third-order valence-corrected chi connectivity index (χ3v) is 4.86. The van der Waals surface area contributed by atoms with Crippen LogP contribution in [0.25, 0.3) is 0 Å². The van der Waals surface area contributed by atoms with E-state index in [1.54, 1.807) is 18.3 Å². The highest BCUT2D eigenvalue weighted by Crippen LogP contribution is 2.29. The first-order valence-electron chi connectivity index (χ1n) is 8.46. The summed E-state index contributed by atoms with van der Waals surface area (Å²) < 4.78 is 21.9. The Morgan fingerprint density at radius 1 is 1.41 bits per heavy atom. The van der Waals surface area contributed by atoms with E-state index in [4.69, 9.17) is 5.14 Å². The van der Waals surface area contributed by atoms with Crippen molar-refractivity contribution < 1.29 is 18.3 Å². The predicted octanol–water partition coefficient (Wildman–Crippen LogP) is 0.122. The number of pyridine rings is 1. The molecule has 2 aromatic heterocycles. The number of anilines is 1. The van der Waals surface area contributed by atoms with Gasteiger partial charge in [0, 0.05) is 24.6 Å². The van der Waals surface area contributed by atoms with Gasteiger partial charge in [0.25, 0.3) is 0 Å². The summed E-state index contributed by atoms with van der Waals surface area (Å²) in [6, 6.07) is 3.50. The number of aromatic amines is 1. The van der Waals surface area contributed by atoms with Crippen LogP contribution in [0, 0.1) is 5.92 Å². The number of carboxylic acids is 1. The lowest BCUT2D eigenvalue weighted by Crippen LogP contribution is -2.25. The van der Waals surface area contributed by atoms with Gasteiger partial charge in [-0.1, -0.05) is 13.3 Å². The molecular weight excluding hydrogens is 374 g/mol. The van der Waals surface area contributed by atoms with Gasteiger partial charge in [-0.25, -0.2) is 18.7 Å². The number of carbonyl (C=O) groups is 1. The van der Waals surface area contributed by atoms with E-state index in [0.717, 1.165) is 6.42 Å². The standard InChI is InChI=1S/C15H23N7O4S/c1-2-3-12(15(23)24)13(14-19-21-22-20-14)8-10-4-5-11(9-18-10)17-6-7-27(16,25)26/h4-5,9,12-13,17H,2-3,6-8H2,1H3,(H,23,24)(H2,16,25,26)(H,19,20,21,22)/t12-,13-/m0/s1. The fourth-order valence-corrected chi connectivity index (χ4v) is 3.16. The molecule has 0 saturated heterocycles. The molecule has 11 nitrogen and oxygen atoms in total. The molecule has 0 radical (unpaired) electrons. The number of hydrogen-bond donors (Lipinski definition) is 4. The summed E-state index contributed by atoms with van der Waals surface area (Å²) in [6.45, 7) is 2.09. The number of H-pyrrole nitrogens is 1. The number of nitrogens with one attached hydrogen (secondary N) is 2. The molecular formula is C15H23N7O4S. The topological polar surface area (TPSA) is 177 Å². The molecule has 0 unspecified atom stereocenters. The third kappa shape index (κ3) is 6.57. The largest absolute Gasteiger partial charge is 0.481 e. The Bertz CT molecular complexity index is 824. The molecule has 2 aromatic rings. The number of carboxylic acid groups (broad SMARTS) is 1. The molecule has 27 heavy (non-hydrogen) atoms.